The van der Waals surface area contributed by atoms with Gasteiger partial charge in [-0.05, 0) is 6.42 Å². The largest absolute Gasteiger partial charge is 0.452 e. The second-order valence-corrected chi connectivity index (χ2v) is 4.16. The first-order chi connectivity index (χ1) is 7.54. The number of aromatic nitrogens is 2. The fourth-order valence-corrected chi connectivity index (χ4v) is 1.77. The molecule has 0 saturated heterocycles. The van der Waals surface area contributed by atoms with Crippen LogP contribution in [0.2, 0.25) is 0 Å². The Bertz CT molecular complexity index is 311. The molecule has 0 radical (unpaired) electrons. The molecule has 0 atom stereocenters. The minimum atomic E-state index is -4.45. The van der Waals surface area contributed by atoms with E-state index >= 15 is 0 Å². The Balaban J connectivity index is 2.30. The molecule has 3 nitrogen and oxygen atoms in total. The lowest BCUT2D eigenvalue weighted by Gasteiger charge is -2.01. The van der Waals surface area contributed by atoms with Gasteiger partial charge in [-0.2, -0.15) is 22.5 Å². The summed E-state index contributed by atoms with van der Waals surface area (Å²) in [6.45, 7) is 2.75. The van der Waals surface area contributed by atoms with E-state index in [1.54, 1.807) is 0 Å². The van der Waals surface area contributed by atoms with Crippen molar-refractivity contribution in [3.63, 3.8) is 0 Å². The van der Waals surface area contributed by atoms with Crippen LogP contribution in [0.5, 0.6) is 0 Å². The van der Waals surface area contributed by atoms with Gasteiger partial charge in [-0.25, -0.2) is 0 Å². The Kier molecular flexibility index (Phi) is 4.98. The number of alkyl halides is 3. The molecule has 0 aliphatic rings. The van der Waals surface area contributed by atoms with Gasteiger partial charge in [-0.15, -0.1) is 0 Å². The van der Waals surface area contributed by atoms with E-state index < -0.39 is 12.0 Å². The predicted molar refractivity (Wildman–Crippen MR) is 57.5 cm³/mol. The highest BCUT2D eigenvalue weighted by Gasteiger charge is 2.35. The molecule has 16 heavy (non-hydrogen) atoms. The van der Waals surface area contributed by atoms with Crippen molar-refractivity contribution in [3.05, 3.63) is 5.82 Å². The van der Waals surface area contributed by atoms with E-state index in [9.17, 15) is 13.2 Å². The van der Waals surface area contributed by atoms with E-state index in [0.717, 1.165) is 37.2 Å². The Hall–Kier alpha value is -0.850. The zero-order valence-corrected chi connectivity index (χ0v) is 9.79. The summed E-state index contributed by atoms with van der Waals surface area (Å²) in [7, 11) is 0. The molecular weight excluding hydrogens is 239 g/mol. The quantitative estimate of drug-likeness (QED) is 0.788. The second-order valence-electron chi connectivity index (χ2n) is 3.41. The molecule has 0 bridgehead atoms. The number of nitrogens with one attached hydrogen (secondary N) is 1. The van der Waals surface area contributed by atoms with Crippen LogP contribution in [0.25, 0.3) is 0 Å². The standard InChI is InChI=1S/C9H14F3N3S/c1-2-3-4-5-6-13-8-14-7(15-16-8)9(10,11)12/h2-6H2,1H3,(H,13,14,15). The van der Waals surface area contributed by atoms with Crippen molar-refractivity contribution < 1.29 is 13.2 Å². The van der Waals surface area contributed by atoms with E-state index in [2.05, 4.69) is 21.6 Å². The van der Waals surface area contributed by atoms with E-state index in [-0.39, 0.29) is 5.13 Å². The second kappa shape index (κ2) is 6.03. The molecule has 92 valence electrons. The normalized spacial score (nSPS) is 11.8. The summed E-state index contributed by atoms with van der Waals surface area (Å²) in [5.74, 6) is -1.06. The molecule has 1 rings (SSSR count). The van der Waals surface area contributed by atoms with Crippen LogP contribution >= 0.6 is 11.5 Å². The third kappa shape index (κ3) is 4.34. The summed E-state index contributed by atoms with van der Waals surface area (Å²) in [6, 6.07) is 0. The smallest absolute Gasteiger partial charge is 0.360 e. The van der Waals surface area contributed by atoms with Gasteiger partial charge in [-0.1, -0.05) is 26.2 Å². The number of rotatable bonds is 6. The molecule has 1 aromatic heterocycles. The number of hydrogen-bond donors (Lipinski definition) is 1. The monoisotopic (exact) mass is 253 g/mol. The van der Waals surface area contributed by atoms with Crippen molar-refractivity contribution in [2.75, 3.05) is 11.9 Å². The van der Waals surface area contributed by atoms with Crippen molar-refractivity contribution in [2.45, 2.75) is 38.8 Å². The van der Waals surface area contributed by atoms with Crippen LogP contribution in [-0.4, -0.2) is 15.9 Å². The predicted octanol–water partition coefficient (Wildman–Crippen LogP) is 3.55. The topological polar surface area (TPSA) is 37.8 Å². The number of unbranched alkanes of at least 4 members (excludes halogenated alkanes) is 3. The molecule has 0 fully saturated rings. The molecule has 0 spiro atoms. The fraction of sp³-hybridized carbons (Fsp3) is 0.778. The summed E-state index contributed by atoms with van der Waals surface area (Å²) in [6.07, 6.45) is -0.148. The van der Waals surface area contributed by atoms with Crippen LogP contribution in [0, 0.1) is 0 Å². The maximum atomic E-state index is 12.1. The van der Waals surface area contributed by atoms with Crippen LogP contribution < -0.4 is 5.32 Å². The van der Waals surface area contributed by atoms with Crippen molar-refractivity contribution in [3.8, 4) is 0 Å². The van der Waals surface area contributed by atoms with Gasteiger partial charge in [0.15, 0.2) is 0 Å². The first-order valence-electron chi connectivity index (χ1n) is 5.19. The Morgan fingerprint density at radius 2 is 2.00 bits per heavy atom. The molecule has 0 amide bonds. The molecular formula is C9H14F3N3S. The van der Waals surface area contributed by atoms with E-state index in [4.69, 9.17) is 0 Å². The zero-order valence-electron chi connectivity index (χ0n) is 8.97. The Labute approximate surface area is 96.3 Å². The van der Waals surface area contributed by atoms with Crippen LogP contribution in [0.1, 0.15) is 38.4 Å². The highest BCUT2D eigenvalue weighted by atomic mass is 32.1. The molecule has 7 heteroatoms. The summed E-state index contributed by atoms with van der Waals surface area (Å²) in [4.78, 5) is 3.37. The molecule has 0 saturated carbocycles. The molecule has 0 aliphatic heterocycles. The first-order valence-corrected chi connectivity index (χ1v) is 5.96. The number of nitrogens with zero attached hydrogens (tertiary/aromatic N) is 2. The van der Waals surface area contributed by atoms with Crippen LogP contribution in [0.3, 0.4) is 0 Å². The van der Waals surface area contributed by atoms with Crippen molar-refractivity contribution in [2.24, 2.45) is 0 Å². The van der Waals surface area contributed by atoms with Crippen molar-refractivity contribution >= 4 is 16.7 Å². The maximum absolute atomic E-state index is 12.1. The SMILES string of the molecule is CCCCCCNc1nc(C(F)(F)F)ns1. The van der Waals surface area contributed by atoms with Gasteiger partial charge < -0.3 is 5.32 Å². The molecule has 0 aromatic carbocycles. The third-order valence-electron chi connectivity index (χ3n) is 1.99. The number of halogens is 3. The third-order valence-corrected chi connectivity index (χ3v) is 2.66. The number of hydrogen-bond acceptors (Lipinski definition) is 4. The van der Waals surface area contributed by atoms with E-state index in [0.29, 0.717) is 6.54 Å². The average molecular weight is 253 g/mol. The molecule has 1 heterocycles. The van der Waals surface area contributed by atoms with Crippen LogP contribution in [0.15, 0.2) is 0 Å². The summed E-state index contributed by atoms with van der Waals surface area (Å²) < 4.78 is 39.7. The lowest BCUT2D eigenvalue weighted by molar-refractivity contribution is -0.144. The minimum absolute atomic E-state index is 0.240. The highest BCUT2D eigenvalue weighted by molar-refractivity contribution is 7.09. The zero-order chi connectivity index (χ0) is 12.0. The van der Waals surface area contributed by atoms with E-state index in [1.165, 1.54) is 0 Å². The van der Waals surface area contributed by atoms with Gasteiger partial charge in [0, 0.05) is 18.1 Å². The van der Waals surface area contributed by atoms with E-state index in [1.807, 2.05) is 0 Å². The lowest BCUT2D eigenvalue weighted by atomic mass is 10.2. The molecule has 0 unspecified atom stereocenters. The Morgan fingerprint density at radius 3 is 2.56 bits per heavy atom. The van der Waals surface area contributed by atoms with Crippen LogP contribution in [0.4, 0.5) is 18.3 Å². The summed E-state index contributed by atoms with van der Waals surface area (Å²) >= 11 is 0.748. The van der Waals surface area contributed by atoms with Crippen LogP contribution in [-0.2, 0) is 6.18 Å². The minimum Gasteiger partial charge on any atom is -0.360 e. The Morgan fingerprint density at radius 1 is 1.25 bits per heavy atom. The lowest BCUT2D eigenvalue weighted by Crippen LogP contribution is -2.08. The van der Waals surface area contributed by atoms with Gasteiger partial charge in [0.05, 0.1) is 0 Å². The van der Waals surface area contributed by atoms with Gasteiger partial charge >= 0.3 is 6.18 Å². The van der Waals surface area contributed by atoms with Gasteiger partial charge in [0.1, 0.15) is 0 Å². The van der Waals surface area contributed by atoms with Crippen molar-refractivity contribution in [1.29, 1.82) is 0 Å². The number of anilines is 1. The molecule has 1 aromatic rings. The van der Waals surface area contributed by atoms with Gasteiger partial charge in [-0.3, -0.25) is 0 Å². The highest BCUT2D eigenvalue weighted by Crippen LogP contribution is 2.28. The summed E-state index contributed by atoms with van der Waals surface area (Å²) in [5.41, 5.74) is 0. The molecule has 0 aliphatic carbocycles. The first kappa shape index (κ1) is 13.2. The maximum Gasteiger partial charge on any atom is 0.452 e. The average Bonchev–Trinajstić information content (AvgIpc) is 2.65. The van der Waals surface area contributed by atoms with Crippen molar-refractivity contribution in [1.82, 2.24) is 9.36 Å². The fourth-order valence-electron chi connectivity index (χ4n) is 1.16. The molecule has 1 N–H and O–H groups in total. The van der Waals surface area contributed by atoms with Gasteiger partial charge in [0.2, 0.25) is 11.0 Å². The van der Waals surface area contributed by atoms with Gasteiger partial charge in [0.25, 0.3) is 0 Å². The summed E-state index contributed by atoms with van der Waals surface area (Å²) in [5, 5.41) is 3.08.